The molecule has 0 saturated carbocycles. The lowest BCUT2D eigenvalue weighted by Crippen LogP contribution is -2.32. The van der Waals surface area contributed by atoms with Crippen LogP contribution in [-0.2, 0) is 13.6 Å². The highest BCUT2D eigenvalue weighted by Crippen LogP contribution is 2.13. The summed E-state index contributed by atoms with van der Waals surface area (Å²) >= 11 is 0. The molecule has 2 N–H and O–H groups in total. The van der Waals surface area contributed by atoms with E-state index in [-0.39, 0.29) is 18.3 Å². The van der Waals surface area contributed by atoms with E-state index in [0.717, 1.165) is 17.7 Å². The molecule has 120 valence electrons. The zero-order valence-corrected chi connectivity index (χ0v) is 13.8. The van der Waals surface area contributed by atoms with Crippen LogP contribution in [0.5, 0.6) is 0 Å². The lowest BCUT2D eigenvalue weighted by Gasteiger charge is -2.22. The Kier molecular flexibility index (Phi) is 7.08. The zero-order chi connectivity index (χ0) is 15.2. The second-order valence-electron chi connectivity index (χ2n) is 5.16. The van der Waals surface area contributed by atoms with Crippen LogP contribution in [0.3, 0.4) is 0 Å². The third kappa shape index (κ3) is 4.58. The molecule has 0 fully saturated rings. The van der Waals surface area contributed by atoms with Gasteiger partial charge >= 0.3 is 0 Å². The van der Waals surface area contributed by atoms with Crippen molar-refractivity contribution in [1.82, 2.24) is 14.7 Å². The van der Waals surface area contributed by atoms with Gasteiger partial charge in [0.05, 0.1) is 11.3 Å². The third-order valence-corrected chi connectivity index (χ3v) is 3.38. The van der Waals surface area contributed by atoms with Crippen LogP contribution < -0.4 is 5.73 Å². The van der Waals surface area contributed by atoms with Crippen molar-refractivity contribution in [2.45, 2.75) is 19.9 Å². The summed E-state index contributed by atoms with van der Waals surface area (Å²) in [6.07, 6.45) is 2.57. The van der Waals surface area contributed by atoms with Crippen LogP contribution in [0.25, 0.3) is 0 Å². The van der Waals surface area contributed by atoms with E-state index in [0.29, 0.717) is 25.2 Å². The third-order valence-electron chi connectivity index (χ3n) is 3.38. The molecule has 5 nitrogen and oxygen atoms in total. The highest BCUT2D eigenvalue weighted by atomic mass is 35.5. The Balaban J connectivity index is 0.00000242. The van der Waals surface area contributed by atoms with E-state index in [4.69, 9.17) is 5.73 Å². The van der Waals surface area contributed by atoms with Gasteiger partial charge in [0.2, 0.25) is 0 Å². The number of halogens is 1. The molecule has 0 bridgehead atoms. The number of rotatable bonds is 6. The molecular weight excluding hydrogens is 300 g/mol. The van der Waals surface area contributed by atoms with Gasteiger partial charge in [-0.05, 0) is 25.5 Å². The van der Waals surface area contributed by atoms with Crippen molar-refractivity contribution in [2.75, 3.05) is 13.1 Å². The molecular formula is C16H23ClN4O. The molecule has 1 amide bonds. The summed E-state index contributed by atoms with van der Waals surface area (Å²) in [4.78, 5) is 14.6. The van der Waals surface area contributed by atoms with Gasteiger partial charge in [0.15, 0.2) is 0 Å². The molecule has 0 unspecified atom stereocenters. The van der Waals surface area contributed by atoms with Crippen LogP contribution in [-0.4, -0.2) is 33.7 Å². The van der Waals surface area contributed by atoms with E-state index in [9.17, 15) is 4.79 Å². The van der Waals surface area contributed by atoms with Gasteiger partial charge in [-0.3, -0.25) is 9.48 Å². The largest absolute Gasteiger partial charge is 0.334 e. The predicted octanol–water partition coefficient (Wildman–Crippen LogP) is 2.14. The maximum atomic E-state index is 12.7. The summed E-state index contributed by atoms with van der Waals surface area (Å²) in [5.41, 5.74) is 8.12. The normalized spacial score (nSPS) is 10.1. The molecule has 2 aromatic rings. The van der Waals surface area contributed by atoms with Gasteiger partial charge < -0.3 is 10.6 Å². The Bertz CT molecular complexity index is 597. The standard InChI is InChI=1S/C16H22N4O.ClH/c1-13-15(12-19(2)18-13)16(21)20(10-6-9-17)11-14-7-4-3-5-8-14;/h3-5,7-8,12H,6,9-11,17H2,1-2H3;1H. The molecule has 2 rings (SSSR count). The Morgan fingerprint density at radius 1 is 1.32 bits per heavy atom. The molecule has 1 aromatic heterocycles. The van der Waals surface area contributed by atoms with Crippen molar-refractivity contribution >= 4 is 18.3 Å². The van der Waals surface area contributed by atoms with E-state index < -0.39 is 0 Å². The Morgan fingerprint density at radius 3 is 2.55 bits per heavy atom. The Morgan fingerprint density at radius 2 is 2.00 bits per heavy atom. The van der Waals surface area contributed by atoms with Crippen LogP contribution in [0.1, 0.15) is 28.0 Å². The molecule has 0 radical (unpaired) electrons. The number of carbonyl (C=O) groups is 1. The fourth-order valence-corrected chi connectivity index (χ4v) is 2.32. The summed E-state index contributed by atoms with van der Waals surface area (Å²) in [7, 11) is 1.82. The minimum absolute atomic E-state index is 0. The quantitative estimate of drug-likeness (QED) is 0.886. The number of nitrogens with two attached hydrogens (primary N) is 1. The van der Waals surface area contributed by atoms with Crippen molar-refractivity contribution < 1.29 is 4.79 Å². The number of amides is 1. The maximum absolute atomic E-state index is 12.7. The van der Waals surface area contributed by atoms with Gasteiger partial charge in [0.1, 0.15) is 0 Å². The number of aromatic nitrogens is 2. The van der Waals surface area contributed by atoms with Crippen molar-refractivity contribution in [3.63, 3.8) is 0 Å². The van der Waals surface area contributed by atoms with Gasteiger partial charge in [0.25, 0.3) is 5.91 Å². The number of benzene rings is 1. The summed E-state index contributed by atoms with van der Waals surface area (Å²) in [6, 6.07) is 9.99. The van der Waals surface area contributed by atoms with E-state index in [2.05, 4.69) is 5.10 Å². The molecule has 6 heteroatoms. The molecule has 0 spiro atoms. The van der Waals surface area contributed by atoms with Gasteiger partial charge in [-0.1, -0.05) is 30.3 Å². The number of hydrogen-bond acceptors (Lipinski definition) is 3. The fourth-order valence-electron chi connectivity index (χ4n) is 2.32. The van der Waals surface area contributed by atoms with Gasteiger partial charge in [0, 0.05) is 26.3 Å². The van der Waals surface area contributed by atoms with Crippen LogP contribution in [0.4, 0.5) is 0 Å². The average Bonchev–Trinajstić information content (AvgIpc) is 2.82. The monoisotopic (exact) mass is 322 g/mol. The summed E-state index contributed by atoms with van der Waals surface area (Å²) < 4.78 is 1.67. The molecule has 0 aliphatic rings. The summed E-state index contributed by atoms with van der Waals surface area (Å²) in [5.74, 6) is 0.0119. The van der Waals surface area contributed by atoms with Gasteiger partial charge in [-0.2, -0.15) is 5.10 Å². The fraction of sp³-hybridized carbons (Fsp3) is 0.375. The lowest BCUT2D eigenvalue weighted by molar-refractivity contribution is 0.0741. The van der Waals surface area contributed by atoms with E-state index >= 15 is 0 Å². The van der Waals surface area contributed by atoms with E-state index in [1.165, 1.54) is 0 Å². The van der Waals surface area contributed by atoms with Gasteiger partial charge in [-0.15, -0.1) is 12.4 Å². The van der Waals surface area contributed by atoms with Gasteiger partial charge in [-0.25, -0.2) is 0 Å². The van der Waals surface area contributed by atoms with E-state index in [1.807, 2.05) is 49.2 Å². The Labute approximate surface area is 137 Å². The smallest absolute Gasteiger partial charge is 0.257 e. The van der Waals surface area contributed by atoms with Crippen LogP contribution in [0.15, 0.2) is 36.5 Å². The molecule has 1 heterocycles. The first-order valence-corrected chi connectivity index (χ1v) is 7.15. The highest BCUT2D eigenvalue weighted by molar-refractivity contribution is 5.95. The number of aryl methyl sites for hydroxylation is 2. The molecule has 0 atom stereocenters. The minimum Gasteiger partial charge on any atom is -0.334 e. The topological polar surface area (TPSA) is 64.2 Å². The van der Waals surface area contributed by atoms with Crippen molar-refractivity contribution in [2.24, 2.45) is 12.8 Å². The predicted molar refractivity (Wildman–Crippen MR) is 90.0 cm³/mol. The average molecular weight is 323 g/mol. The SMILES string of the molecule is Cc1nn(C)cc1C(=O)N(CCCN)Cc1ccccc1.Cl. The molecule has 22 heavy (non-hydrogen) atoms. The summed E-state index contributed by atoms with van der Waals surface area (Å²) in [6.45, 7) is 3.67. The first-order chi connectivity index (χ1) is 10.1. The molecule has 0 saturated heterocycles. The molecule has 1 aromatic carbocycles. The van der Waals surface area contributed by atoms with Crippen LogP contribution >= 0.6 is 12.4 Å². The number of carbonyl (C=O) groups excluding carboxylic acids is 1. The second kappa shape index (κ2) is 8.56. The molecule has 0 aliphatic carbocycles. The Hall–Kier alpha value is -1.85. The second-order valence-corrected chi connectivity index (χ2v) is 5.16. The van der Waals surface area contributed by atoms with Crippen molar-refractivity contribution in [3.8, 4) is 0 Å². The van der Waals surface area contributed by atoms with E-state index in [1.54, 1.807) is 10.9 Å². The number of hydrogen-bond donors (Lipinski definition) is 1. The first kappa shape index (κ1) is 18.2. The first-order valence-electron chi connectivity index (χ1n) is 7.15. The van der Waals surface area contributed by atoms with Crippen molar-refractivity contribution in [3.05, 3.63) is 53.3 Å². The lowest BCUT2D eigenvalue weighted by atomic mass is 10.1. The zero-order valence-electron chi connectivity index (χ0n) is 13.0. The number of nitrogens with zero attached hydrogens (tertiary/aromatic N) is 3. The maximum Gasteiger partial charge on any atom is 0.257 e. The summed E-state index contributed by atoms with van der Waals surface area (Å²) in [5, 5.41) is 4.25. The van der Waals surface area contributed by atoms with Crippen LogP contribution in [0.2, 0.25) is 0 Å². The highest BCUT2D eigenvalue weighted by Gasteiger charge is 2.19. The van der Waals surface area contributed by atoms with Crippen molar-refractivity contribution in [1.29, 1.82) is 0 Å². The molecule has 0 aliphatic heterocycles. The minimum atomic E-state index is 0. The van der Waals surface area contributed by atoms with Crippen LogP contribution in [0, 0.1) is 6.92 Å².